The number of nitrogens with zero attached hydrogens (tertiary/aromatic N) is 3. The van der Waals surface area contributed by atoms with E-state index in [2.05, 4.69) is 35.4 Å². The Morgan fingerprint density at radius 2 is 1.91 bits per heavy atom. The van der Waals surface area contributed by atoms with Crippen LogP contribution in [0.1, 0.15) is 36.7 Å². The molecular formula is C25H26N4O2S. The first-order valence-electron chi connectivity index (χ1n) is 10.5. The van der Waals surface area contributed by atoms with Crippen LogP contribution in [-0.2, 0) is 11.3 Å². The maximum absolute atomic E-state index is 12.5. The second-order valence-corrected chi connectivity index (χ2v) is 8.90. The van der Waals surface area contributed by atoms with E-state index >= 15 is 0 Å². The third kappa shape index (κ3) is 5.29. The van der Waals surface area contributed by atoms with Crippen molar-refractivity contribution >= 4 is 23.4 Å². The van der Waals surface area contributed by atoms with Gasteiger partial charge in [0.15, 0.2) is 11.0 Å². The molecule has 4 rings (SSSR count). The second-order valence-electron chi connectivity index (χ2n) is 7.95. The smallest absolute Gasteiger partial charge is 0.234 e. The van der Waals surface area contributed by atoms with E-state index in [0.717, 1.165) is 28.4 Å². The van der Waals surface area contributed by atoms with Crippen LogP contribution in [-0.4, -0.2) is 26.4 Å². The molecule has 0 radical (unpaired) electrons. The highest BCUT2D eigenvalue weighted by Crippen LogP contribution is 2.26. The molecule has 1 amide bonds. The fraction of sp³-hybridized carbons (Fsp3) is 0.240. The minimum Gasteiger partial charge on any atom is -0.467 e. The Balaban J connectivity index is 1.49. The number of nitrogens with one attached hydrogen (secondary N) is 1. The Bertz CT molecular complexity index is 1180. The summed E-state index contributed by atoms with van der Waals surface area (Å²) in [5.41, 5.74) is 4.15. The minimum absolute atomic E-state index is 0.0862. The van der Waals surface area contributed by atoms with Crippen LogP contribution in [0.3, 0.4) is 0 Å². The van der Waals surface area contributed by atoms with Gasteiger partial charge in [0.1, 0.15) is 5.76 Å². The number of rotatable bonds is 8. The molecule has 4 aromatic rings. The normalized spacial score (nSPS) is 11.1. The monoisotopic (exact) mass is 446 g/mol. The second kappa shape index (κ2) is 9.87. The highest BCUT2D eigenvalue weighted by atomic mass is 32.2. The van der Waals surface area contributed by atoms with E-state index in [9.17, 15) is 4.79 Å². The number of thioether (sulfide) groups is 1. The van der Waals surface area contributed by atoms with Gasteiger partial charge in [0.25, 0.3) is 0 Å². The van der Waals surface area contributed by atoms with Gasteiger partial charge in [-0.3, -0.25) is 9.36 Å². The van der Waals surface area contributed by atoms with Crippen molar-refractivity contribution in [3.8, 4) is 11.4 Å². The van der Waals surface area contributed by atoms with Crippen LogP contribution in [0.5, 0.6) is 0 Å². The van der Waals surface area contributed by atoms with Gasteiger partial charge in [0, 0.05) is 11.3 Å². The number of hydrogen-bond donors (Lipinski definition) is 1. The molecule has 0 unspecified atom stereocenters. The zero-order chi connectivity index (χ0) is 22.5. The minimum atomic E-state index is -0.0862. The van der Waals surface area contributed by atoms with Gasteiger partial charge in [-0.05, 0) is 48.7 Å². The third-order valence-corrected chi connectivity index (χ3v) is 6.05. The SMILES string of the molecule is Cc1cccc(-c2nnc(SCC(=O)Nc3ccc(C(C)C)cc3)n2Cc2ccco2)c1. The van der Waals surface area contributed by atoms with E-state index < -0.39 is 0 Å². The van der Waals surface area contributed by atoms with Crippen molar-refractivity contribution in [2.75, 3.05) is 11.1 Å². The van der Waals surface area contributed by atoms with Crippen molar-refractivity contribution in [1.82, 2.24) is 14.8 Å². The first kappa shape index (κ1) is 21.9. The summed E-state index contributed by atoms with van der Waals surface area (Å²) < 4.78 is 7.53. The first-order valence-corrected chi connectivity index (χ1v) is 11.5. The molecule has 6 nitrogen and oxygen atoms in total. The van der Waals surface area contributed by atoms with Crippen LogP contribution < -0.4 is 5.32 Å². The molecule has 2 heterocycles. The topological polar surface area (TPSA) is 73.0 Å². The fourth-order valence-corrected chi connectivity index (χ4v) is 4.11. The summed E-state index contributed by atoms with van der Waals surface area (Å²) in [4.78, 5) is 12.5. The molecule has 0 saturated heterocycles. The molecule has 0 saturated carbocycles. The Morgan fingerprint density at radius 1 is 1.09 bits per heavy atom. The van der Waals surface area contributed by atoms with Crippen LogP contribution in [0, 0.1) is 6.92 Å². The molecule has 1 N–H and O–H groups in total. The predicted molar refractivity (Wildman–Crippen MR) is 128 cm³/mol. The molecule has 0 aliphatic heterocycles. The molecule has 0 atom stereocenters. The van der Waals surface area contributed by atoms with Gasteiger partial charge >= 0.3 is 0 Å². The Kier molecular flexibility index (Phi) is 6.75. The van der Waals surface area contributed by atoms with Crippen molar-refractivity contribution in [3.63, 3.8) is 0 Å². The number of carbonyl (C=O) groups excluding carboxylic acids is 1. The number of carbonyl (C=O) groups is 1. The van der Waals surface area contributed by atoms with Gasteiger partial charge in [-0.25, -0.2) is 0 Å². The van der Waals surface area contributed by atoms with E-state index in [-0.39, 0.29) is 11.7 Å². The van der Waals surface area contributed by atoms with Crippen molar-refractivity contribution < 1.29 is 9.21 Å². The fourth-order valence-electron chi connectivity index (χ4n) is 3.37. The number of aromatic nitrogens is 3. The molecule has 0 bridgehead atoms. The molecule has 0 aliphatic carbocycles. The highest BCUT2D eigenvalue weighted by Gasteiger charge is 2.17. The van der Waals surface area contributed by atoms with Gasteiger partial charge in [-0.15, -0.1) is 10.2 Å². The number of aryl methyl sites for hydroxylation is 1. The molecule has 0 spiro atoms. The lowest BCUT2D eigenvalue weighted by Gasteiger charge is -2.10. The lowest BCUT2D eigenvalue weighted by atomic mass is 10.0. The molecule has 0 aliphatic rings. The Morgan fingerprint density at radius 3 is 2.59 bits per heavy atom. The van der Waals surface area contributed by atoms with Crippen molar-refractivity contribution in [1.29, 1.82) is 0 Å². The van der Waals surface area contributed by atoms with E-state index in [4.69, 9.17) is 4.42 Å². The average Bonchev–Trinajstić information content (AvgIpc) is 3.43. The standard InChI is InChI=1S/C25H26N4O2S/c1-17(2)19-9-11-21(12-10-19)26-23(30)16-32-25-28-27-24(20-7-4-6-18(3)14-20)29(25)15-22-8-5-13-31-22/h4-14,17H,15-16H2,1-3H3,(H,26,30). The molecule has 0 fully saturated rings. The number of benzene rings is 2. The lowest BCUT2D eigenvalue weighted by molar-refractivity contribution is -0.113. The maximum atomic E-state index is 12.5. The first-order chi connectivity index (χ1) is 15.5. The summed E-state index contributed by atoms with van der Waals surface area (Å²) in [6.07, 6.45) is 1.65. The largest absolute Gasteiger partial charge is 0.467 e. The van der Waals surface area contributed by atoms with Crippen LogP contribution in [0.2, 0.25) is 0 Å². The van der Waals surface area contributed by atoms with E-state index in [1.54, 1.807) is 6.26 Å². The molecular weight excluding hydrogens is 420 g/mol. The summed E-state index contributed by atoms with van der Waals surface area (Å²) in [5, 5.41) is 12.4. The quantitative estimate of drug-likeness (QED) is 0.349. The molecule has 2 aromatic heterocycles. The number of hydrogen-bond acceptors (Lipinski definition) is 5. The third-order valence-electron chi connectivity index (χ3n) is 5.08. The Labute approximate surface area is 192 Å². The molecule has 164 valence electrons. The molecule has 7 heteroatoms. The number of amides is 1. The van der Waals surface area contributed by atoms with Gasteiger partial charge in [0.05, 0.1) is 18.6 Å². The number of furan rings is 1. The van der Waals surface area contributed by atoms with Gasteiger partial charge in [-0.1, -0.05) is 61.5 Å². The van der Waals surface area contributed by atoms with E-state index in [1.807, 2.05) is 66.1 Å². The van der Waals surface area contributed by atoms with Crippen LogP contribution in [0.4, 0.5) is 5.69 Å². The van der Waals surface area contributed by atoms with Gasteiger partial charge in [0.2, 0.25) is 5.91 Å². The van der Waals surface area contributed by atoms with Crippen molar-refractivity contribution in [2.45, 2.75) is 38.4 Å². The summed E-state index contributed by atoms with van der Waals surface area (Å²) in [6.45, 7) is 6.83. The van der Waals surface area contributed by atoms with Crippen LogP contribution >= 0.6 is 11.8 Å². The lowest BCUT2D eigenvalue weighted by Crippen LogP contribution is -2.15. The zero-order valence-electron chi connectivity index (χ0n) is 18.4. The van der Waals surface area contributed by atoms with Crippen LogP contribution in [0.25, 0.3) is 11.4 Å². The van der Waals surface area contributed by atoms with Gasteiger partial charge in [-0.2, -0.15) is 0 Å². The summed E-state index contributed by atoms with van der Waals surface area (Å²) in [5.74, 6) is 2.15. The maximum Gasteiger partial charge on any atom is 0.234 e. The van der Waals surface area contributed by atoms with E-state index in [0.29, 0.717) is 17.6 Å². The number of anilines is 1. The van der Waals surface area contributed by atoms with Gasteiger partial charge < -0.3 is 9.73 Å². The summed E-state index contributed by atoms with van der Waals surface area (Å²) in [6, 6.07) is 19.9. The molecule has 2 aromatic carbocycles. The van der Waals surface area contributed by atoms with Crippen molar-refractivity contribution in [2.24, 2.45) is 0 Å². The van der Waals surface area contributed by atoms with Crippen molar-refractivity contribution in [3.05, 3.63) is 83.8 Å². The summed E-state index contributed by atoms with van der Waals surface area (Å²) in [7, 11) is 0. The average molecular weight is 447 g/mol. The van der Waals surface area contributed by atoms with Crippen LogP contribution in [0.15, 0.2) is 76.5 Å². The highest BCUT2D eigenvalue weighted by molar-refractivity contribution is 7.99. The summed E-state index contributed by atoms with van der Waals surface area (Å²) >= 11 is 1.36. The predicted octanol–water partition coefficient (Wildman–Crippen LogP) is 5.75. The van der Waals surface area contributed by atoms with E-state index in [1.165, 1.54) is 17.3 Å². The Hall–Kier alpha value is -3.32. The zero-order valence-corrected chi connectivity index (χ0v) is 19.2. The molecule has 32 heavy (non-hydrogen) atoms.